The van der Waals surface area contributed by atoms with Crippen LogP contribution in [0.25, 0.3) is 0 Å². The summed E-state index contributed by atoms with van der Waals surface area (Å²) in [7, 11) is 0. The summed E-state index contributed by atoms with van der Waals surface area (Å²) in [4.78, 5) is 11.4. The van der Waals surface area contributed by atoms with E-state index >= 15 is 0 Å². The van der Waals surface area contributed by atoms with E-state index in [4.69, 9.17) is 19.7 Å². The Morgan fingerprint density at radius 3 is 2.53 bits per heavy atom. The van der Waals surface area contributed by atoms with Crippen LogP contribution in [0.1, 0.15) is 22.3 Å². The van der Waals surface area contributed by atoms with Gasteiger partial charge in [0.05, 0.1) is 0 Å². The van der Waals surface area contributed by atoms with E-state index in [9.17, 15) is 4.79 Å². The van der Waals surface area contributed by atoms with Crippen molar-refractivity contribution in [2.75, 3.05) is 0 Å². The largest absolute Gasteiger partial charge is 0.505 e. The lowest BCUT2D eigenvalue weighted by Crippen LogP contribution is -2.37. The van der Waals surface area contributed by atoms with Gasteiger partial charge in [-0.2, -0.15) is 0 Å². The highest BCUT2D eigenvalue weighted by molar-refractivity contribution is 6.01. The number of hydrogen-bond donors (Lipinski definition) is 2. The first-order valence-electron chi connectivity index (χ1n) is 4.58. The van der Waals surface area contributed by atoms with Gasteiger partial charge < -0.3 is 9.47 Å². The van der Waals surface area contributed by atoms with Gasteiger partial charge in [0.15, 0.2) is 17.3 Å². The summed E-state index contributed by atoms with van der Waals surface area (Å²) in [6.45, 7) is 0. The molecular weight excluding hydrogens is 200 g/mol. The second kappa shape index (κ2) is 2.50. The zero-order chi connectivity index (χ0) is 10.6. The summed E-state index contributed by atoms with van der Waals surface area (Å²) in [5, 5.41) is 18.2. The maximum atomic E-state index is 11.4. The number of fused-ring (bicyclic) bond motifs is 2. The number of carbonyl (C=O) groups is 1. The van der Waals surface area contributed by atoms with Crippen molar-refractivity contribution in [2.45, 2.75) is 19.0 Å². The first kappa shape index (κ1) is 8.70. The SMILES string of the molecule is O=C1CCc2cc3c(cc21)OC(O)(O)O3. The molecule has 15 heavy (non-hydrogen) atoms. The summed E-state index contributed by atoms with van der Waals surface area (Å²) in [5.74, 6) is 0.493. The minimum atomic E-state index is -2.61. The Labute approximate surface area is 84.9 Å². The minimum absolute atomic E-state index is 0.0461. The van der Waals surface area contributed by atoms with Crippen LogP contribution < -0.4 is 9.47 Å². The molecule has 0 fully saturated rings. The number of aliphatic hydroxyl groups is 2. The fourth-order valence-corrected chi connectivity index (χ4v) is 1.92. The Morgan fingerprint density at radius 2 is 1.80 bits per heavy atom. The quantitative estimate of drug-likeness (QED) is 0.595. The van der Waals surface area contributed by atoms with Crippen molar-refractivity contribution in [1.82, 2.24) is 0 Å². The van der Waals surface area contributed by atoms with Gasteiger partial charge in [-0.15, -0.1) is 0 Å². The second-order valence-electron chi connectivity index (χ2n) is 3.63. The number of hydrogen-bond acceptors (Lipinski definition) is 5. The molecule has 0 bridgehead atoms. The van der Waals surface area contributed by atoms with Crippen LogP contribution in [0.4, 0.5) is 0 Å². The molecule has 78 valence electrons. The first-order chi connectivity index (χ1) is 7.05. The van der Waals surface area contributed by atoms with E-state index in [1.165, 1.54) is 6.07 Å². The molecule has 1 heterocycles. The van der Waals surface area contributed by atoms with Crippen molar-refractivity contribution in [2.24, 2.45) is 0 Å². The van der Waals surface area contributed by atoms with E-state index < -0.39 is 6.16 Å². The van der Waals surface area contributed by atoms with Gasteiger partial charge >= 0.3 is 6.16 Å². The number of benzene rings is 1. The molecule has 0 saturated carbocycles. The molecule has 0 atom stereocenters. The number of ketones is 1. The number of carbonyl (C=O) groups excluding carboxylic acids is 1. The third-order valence-electron chi connectivity index (χ3n) is 2.58. The zero-order valence-electron chi connectivity index (χ0n) is 7.69. The van der Waals surface area contributed by atoms with Crippen LogP contribution in [-0.4, -0.2) is 22.2 Å². The molecular formula is C10H8O5. The second-order valence-corrected chi connectivity index (χ2v) is 3.63. The van der Waals surface area contributed by atoms with Crippen LogP contribution in [0.15, 0.2) is 12.1 Å². The monoisotopic (exact) mass is 208 g/mol. The highest BCUT2D eigenvalue weighted by Gasteiger charge is 2.39. The van der Waals surface area contributed by atoms with E-state index in [-0.39, 0.29) is 17.3 Å². The molecule has 5 heteroatoms. The van der Waals surface area contributed by atoms with Crippen LogP contribution in [0, 0.1) is 0 Å². The van der Waals surface area contributed by atoms with Crippen molar-refractivity contribution >= 4 is 5.78 Å². The van der Waals surface area contributed by atoms with Gasteiger partial charge in [-0.25, -0.2) is 0 Å². The van der Waals surface area contributed by atoms with E-state index in [0.29, 0.717) is 18.4 Å². The topological polar surface area (TPSA) is 76.0 Å². The van der Waals surface area contributed by atoms with Crippen molar-refractivity contribution in [3.05, 3.63) is 23.3 Å². The lowest BCUT2D eigenvalue weighted by Gasteiger charge is -2.10. The fourth-order valence-electron chi connectivity index (χ4n) is 1.92. The van der Waals surface area contributed by atoms with Gasteiger partial charge in [0, 0.05) is 12.0 Å². The fraction of sp³-hybridized carbons (Fsp3) is 0.300. The maximum Gasteiger partial charge on any atom is 0.505 e. The Hall–Kier alpha value is -1.59. The molecule has 0 unspecified atom stereocenters. The molecule has 0 amide bonds. The summed E-state index contributed by atoms with van der Waals surface area (Å²) < 4.78 is 9.44. The number of rotatable bonds is 0. The Kier molecular flexibility index (Phi) is 1.45. The molecule has 5 nitrogen and oxygen atoms in total. The van der Waals surface area contributed by atoms with Crippen LogP contribution in [0.3, 0.4) is 0 Å². The zero-order valence-corrected chi connectivity index (χ0v) is 7.69. The molecule has 1 aromatic carbocycles. The average molecular weight is 208 g/mol. The Bertz CT molecular complexity index is 463. The lowest BCUT2D eigenvalue weighted by atomic mass is 10.1. The van der Waals surface area contributed by atoms with Gasteiger partial charge in [0.25, 0.3) is 0 Å². The summed E-state index contributed by atoms with van der Waals surface area (Å²) >= 11 is 0. The number of aryl methyl sites for hydroxylation is 1. The molecule has 2 aliphatic rings. The third kappa shape index (κ3) is 1.20. The standard InChI is InChI=1S/C10H8O5/c11-7-2-1-5-3-8-9(4-6(5)7)15-10(12,13)14-8/h3-4,12-13H,1-2H2. The molecule has 1 aliphatic heterocycles. The molecule has 2 N–H and O–H groups in total. The summed E-state index contributed by atoms with van der Waals surface area (Å²) in [6.07, 6.45) is -1.46. The predicted molar refractivity (Wildman–Crippen MR) is 47.5 cm³/mol. The highest BCUT2D eigenvalue weighted by atomic mass is 17.0. The minimum Gasteiger partial charge on any atom is -0.403 e. The number of ether oxygens (including phenoxy) is 2. The van der Waals surface area contributed by atoms with Gasteiger partial charge in [0.2, 0.25) is 0 Å². The van der Waals surface area contributed by atoms with Crippen molar-refractivity contribution in [1.29, 1.82) is 0 Å². The maximum absolute atomic E-state index is 11.4. The molecule has 1 aliphatic carbocycles. The first-order valence-corrected chi connectivity index (χ1v) is 4.58. The average Bonchev–Trinajstić information content (AvgIpc) is 2.62. The van der Waals surface area contributed by atoms with Crippen molar-refractivity contribution < 1.29 is 24.5 Å². The molecule has 0 spiro atoms. The Balaban J connectivity index is 2.12. The lowest BCUT2D eigenvalue weighted by molar-refractivity contribution is -0.385. The van der Waals surface area contributed by atoms with Crippen LogP contribution in [0.5, 0.6) is 11.5 Å². The van der Waals surface area contributed by atoms with E-state index in [2.05, 4.69) is 0 Å². The molecule has 1 aromatic rings. The van der Waals surface area contributed by atoms with Gasteiger partial charge in [-0.3, -0.25) is 15.0 Å². The van der Waals surface area contributed by atoms with E-state index in [0.717, 1.165) is 5.56 Å². The van der Waals surface area contributed by atoms with E-state index in [1.807, 2.05) is 0 Å². The van der Waals surface area contributed by atoms with Gasteiger partial charge in [-0.1, -0.05) is 0 Å². The van der Waals surface area contributed by atoms with Gasteiger partial charge in [0.1, 0.15) is 0 Å². The summed E-state index contributed by atoms with van der Waals surface area (Å²) in [5.41, 5.74) is 1.44. The smallest absolute Gasteiger partial charge is 0.403 e. The number of Topliss-reactive ketones (excluding diaryl/α,β-unsaturated/α-hetero) is 1. The summed E-state index contributed by atoms with van der Waals surface area (Å²) in [6, 6.07) is 3.11. The van der Waals surface area contributed by atoms with E-state index in [1.54, 1.807) is 6.07 Å². The van der Waals surface area contributed by atoms with Crippen LogP contribution >= 0.6 is 0 Å². The normalized spacial score (nSPS) is 20.5. The Morgan fingerprint density at radius 1 is 1.13 bits per heavy atom. The highest BCUT2D eigenvalue weighted by Crippen LogP contribution is 2.41. The molecule has 0 radical (unpaired) electrons. The van der Waals surface area contributed by atoms with Crippen molar-refractivity contribution in [3.8, 4) is 11.5 Å². The van der Waals surface area contributed by atoms with Gasteiger partial charge in [-0.05, 0) is 24.1 Å². The third-order valence-corrected chi connectivity index (χ3v) is 2.58. The molecule has 0 aromatic heterocycles. The van der Waals surface area contributed by atoms with Crippen molar-refractivity contribution in [3.63, 3.8) is 0 Å². The predicted octanol–water partition coefficient (Wildman–Crippen LogP) is 0.183. The molecule has 3 rings (SSSR count). The molecule has 0 saturated heterocycles. The van der Waals surface area contributed by atoms with Crippen LogP contribution in [0.2, 0.25) is 0 Å². The van der Waals surface area contributed by atoms with Crippen LogP contribution in [-0.2, 0) is 6.42 Å².